The minimum atomic E-state index is -4.73. The predicted molar refractivity (Wildman–Crippen MR) is 123 cm³/mol. The molecule has 0 saturated heterocycles. The van der Waals surface area contributed by atoms with E-state index >= 15 is 0 Å². The highest BCUT2D eigenvalue weighted by atomic mass is 79.9. The Kier molecular flexibility index (Phi) is 6.25. The fraction of sp³-hybridized carbons (Fsp3) is 0.238. The molecule has 0 bridgehead atoms. The maximum atomic E-state index is 13.5. The van der Waals surface area contributed by atoms with E-state index in [9.17, 15) is 22.8 Å². The monoisotopic (exact) mass is 555 g/mol. The molecule has 34 heavy (non-hydrogen) atoms. The zero-order valence-electron chi connectivity index (χ0n) is 17.8. The number of furan rings is 1. The van der Waals surface area contributed by atoms with Gasteiger partial charge in [-0.05, 0) is 48.0 Å². The van der Waals surface area contributed by atoms with Gasteiger partial charge >= 0.3 is 6.18 Å². The van der Waals surface area contributed by atoms with Crippen LogP contribution in [0.1, 0.15) is 33.2 Å². The van der Waals surface area contributed by atoms with Crippen molar-refractivity contribution < 1.29 is 27.2 Å². The molecule has 3 N–H and O–H groups in total. The van der Waals surface area contributed by atoms with Crippen molar-refractivity contribution in [1.29, 1.82) is 0 Å². The summed E-state index contributed by atoms with van der Waals surface area (Å²) in [7, 11) is 0. The molecule has 178 valence electrons. The van der Waals surface area contributed by atoms with Crippen molar-refractivity contribution in [2.75, 3.05) is 5.32 Å². The van der Waals surface area contributed by atoms with Crippen LogP contribution >= 0.6 is 27.3 Å². The minimum absolute atomic E-state index is 0.000303. The number of amides is 2. The average molecular weight is 556 g/mol. The van der Waals surface area contributed by atoms with Gasteiger partial charge < -0.3 is 15.5 Å². The third-order valence-corrected chi connectivity index (χ3v) is 7.32. The first-order valence-electron chi connectivity index (χ1n) is 9.85. The Balaban J connectivity index is 1.76. The first-order chi connectivity index (χ1) is 16.0. The van der Waals surface area contributed by atoms with Crippen molar-refractivity contribution in [1.82, 2.24) is 14.8 Å². The number of fused-ring (bicyclic) bond motifs is 1. The summed E-state index contributed by atoms with van der Waals surface area (Å²) in [5, 5.41) is 7.13. The molecule has 0 spiro atoms. The summed E-state index contributed by atoms with van der Waals surface area (Å²) in [6.07, 6.45) is -3.43. The third-order valence-electron chi connectivity index (χ3n) is 5.07. The van der Waals surface area contributed by atoms with Crippen LogP contribution in [0, 0.1) is 13.8 Å². The highest BCUT2D eigenvalue weighted by Crippen LogP contribution is 2.43. The summed E-state index contributed by atoms with van der Waals surface area (Å²) >= 11 is 4.10. The first-order valence-corrected chi connectivity index (χ1v) is 11.5. The molecule has 4 rings (SSSR count). The average Bonchev–Trinajstić information content (AvgIpc) is 3.47. The van der Waals surface area contributed by atoms with E-state index in [1.54, 1.807) is 4.68 Å². The second-order valence-corrected chi connectivity index (χ2v) is 9.18. The number of anilines is 1. The lowest BCUT2D eigenvalue weighted by Gasteiger charge is -2.11. The number of alkyl halides is 3. The topological polar surface area (TPSA) is 116 Å². The fourth-order valence-corrected chi connectivity index (χ4v) is 4.76. The van der Waals surface area contributed by atoms with Crippen LogP contribution in [-0.4, -0.2) is 26.6 Å². The zero-order valence-corrected chi connectivity index (χ0v) is 20.2. The molecule has 0 saturated carbocycles. The van der Waals surface area contributed by atoms with Gasteiger partial charge in [0.25, 0.3) is 5.91 Å². The number of nitrogens with zero attached hydrogens (tertiary/aromatic N) is 3. The lowest BCUT2D eigenvalue weighted by Crippen LogP contribution is -2.18. The number of hydrogen-bond donors (Lipinski definition) is 2. The lowest BCUT2D eigenvalue weighted by atomic mass is 10.1. The molecule has 13 heteroatoms. The van der Waals surface area contributed by atoms with Crippen LogP contribution < -0.4 is 11.1 Å². The molecule has 0 aliphatic carbocycles. The van der Waals surface area contributed by atoms with Crippen LogP contribution in [0.25, 0.3) is 21.5 Å². The summed E-state index contributed by atoms with van der Waals surface area (Å²) in [5.74, 6) is -1.26. The van der Waals surface area contributed by atoms with Gasteiger partial charge in [0.2, 0.25) is 5.91 Å². The van der Waals surface area contributed by atoms with Gasteiger partial charge in [-0.25, -0.2) is 4.98 Å². The number of carbonyl (C=O) groups excluding carboxylic acids is 2. The van der Waals surface area contributed by atoms with Crippen molar-refractivity contribution >= 4 is 55.0 Å². The summed E-state index contributed by atoms with van der Waals surface area (Å²) in [6.45, 7) is 3.92. The van der Waals surface area contributed by atoms with Gasteiger partial charge in [-0.15, -0.1) is 11.3 Å². The van der Waals surface area contributed by atoms with Crippen molar-refractivity contribution in [3.63, 3.8) is 0 Å². The number of aryl methyl sites for hydroxylation is 2. The quantitative estimate of drug-likeness (QED) is 0.336. The van der Waals surface area contributed by atoms with Gasteiger partial charge in [0.05, 0.1) is 28.7 Å². The van der Waals surface area contributed by atoms with Crippen LogP contribution in [0.15, 0.2) is 33.4 Å². The minimum Gasteiger partial charge on any atom is -0.464 e. The third kappa shape index (κ3) is 4.44. The molecule has 4 aromatic heterocycles. The molecular weight excluding hydrogens is 539 g/mol. The van der Waals surface area contributed by atoms with Crippen LogP contribution in [0.3, 0.4) is 0 Å². The number of aromatic nitrogens is 3. The number of rotatable bonds is 6. The van der Waals surface area contributed by atoms with E-state index < -0.39 is 23.7 Å². The molecule has 0 radical (unpaired) electrons. The van der Waals surface area contributed by atoms with Crippen LogP contribution in [0.2, 0.25) is 0 Å². The van der Waals surface area contributed by atoms with E-state index in [2.05, 4.69) is 31.3 Å². The Hall–Kier alpha value is -3.19. The Morgan fingerprint density at radius 1 is 1.32 bits per heavy atom. The maximum Gasteiger partial charge on any atom is 0.433 e. The lowest BCUT2D eigenvalue weighted by molar-refractivity contribution is -0.140. The summed E-state index contributed by atoms with van der Waals surface area (Å²) in [4.78, 5) is 28.4. The maximum absolute atomic E-state index is 13.5. The predicted octanol–water partition coefficient (Wildman–Crippen LogP) is 5.28. The van der Waals surface area contributed by atoms with Gasteiger partial charge in [-0.3, -0.25) is 14.3 Å². The van der Waals surface area contributed by atoms with E-state index in [1.165, 1.54) is 18.4 Å². The van der Waals surface area contributed by atoms with Gasteiger partial charge in [-0.2, -0.15) is 18.3 Å². The molecular formula is C21H17BrF3N5O3S. The zero-order chi connectivity index (χ0) is 24.8. The van der Waals surface area contributed by atoms with E-state index in [0.717, 1.165) is 21.9 Å². The SMILES string of the molecule is Cc1nn(CCC(=O)Nc2c(C(N)=O)sc3nc(C(F)(F)F)cc(-c4ccco4)c23)c(C)c1Br. The molecule has 0 aliphatic heterocycles. The number of primary amides is 1. The number of halogens is 4. The second kappa shape index (κ2) is 8.87. The van der Waals surface area contributed by atoms with Crippen molar-refractivity contribution in [2.24, 2.45) is 5.73 Å². The van der Waals surface area contributed by atoms with Crippen LogP contribution in [-0.2, 0) is 17.5 Å². The molecule has 4 aromatic rings. The van der Waals surface area contributed by atoms with E-state index in [-0.39, 0.29) is 45.1 Å². The number of pyridine rings is 1. The second-order valence-electron chi connectivity index (χ2n) is 7.39. The van der Waals surface area contributed by atoms with Crippen molar-refractivity contribution in [2.45, 2.75) is 33.0 Å². The van der Waals surface area contributed by atoms with Gasteiger partial charge in [-0.1, -0.05) is 0 Å². The highest BCUT2D eigenvalue weighted by Gasteiger charge is 2.35. The van der Waals surface area contributed by atoms with Gasteiger partial charge in [0.15, 0.2) is 0 Å². The number of nitrogens with one attached hydrogen (secondary N) is 1. The molecule has 0 unspecified atom stereocenters. The number of nitrogens with two attached hydrogens (primary N) is 1. The number of thiophene rings is 1. The fourth-order valence-electron chi connectivity index (χ4n) is 3.46. The van der Waals surface area contributed by atoms with Crippen molar-refractivity contribution in [3.05, 3.63) is 50.9 Å². The van der Waals surface area contributed by atoms with Gasteiger partial charge in [0.1, 0.15) is 21.2 Å². The van der Waals surface area contributed by atoms with E-state index in [0.29, 0.717) is 11.3 Å². The Labute approximate surface area is 203 Å². The Bertz CT molecular complexity index is 1410. The first kappa shape index (κ1) is 24.0. The summed E-state index contributed by atoms with van der Waals surface area (Å²) in [6, 6.07) is 3.81. The Morgan fingerprint density at radius 3 is 2.62 bits per heavy atom. The highest BCUT2D eigenvalue weighted by molar-refractivity contribution is 9.10. The number of hydrogen-bond acceptors (Lipinski definition) is 6. The van der Waals surface area contributed by atoms with E-state index in [1.807, 2.05) is 13.8 Å². The van der Waals surface area contributed by atoms with Gasteiger partial charge in [0, 0.05) is 23.1 Å². The smallest absolute Gasteiger partial charge is 0.433 e. The standard InChI is InChI=1S/C21H17BrF3N5O3S/c1-9-16(22)10(2)30(29-9)6-5-14(31)28-17-15-11(12-4-3-7-33-12)8-13(21(23,24)25)27-20(15)34-18(17)19(26)32/h3-4,7-8H,5-6H2,1-2H3,(H2,26,32)(H,28,31). The van der Waals surface area contributed by atoms with Crippen LogP contribution in [0.5, 0.6) is 0 Å². The van der Waals surface area contributed by atoms with Crippen molar-refractivity contribution in [3.8, 4) is 11.3 Å². The van der Waals surface area contributed by atoms with Crippen LogP contribution in [0.4, 0.5) is 18.9 Å². The largest absolute Gasteiger partial charge is 0.464 e. The molecule has 0 fully saturated rings. The molecule has 4 heterocycles. The van der Waals surface area contributed by atoms with E-state index in [4.69, 9.17) is 10.2 Å². The summed E-state index contributed by atoms with van der Waals surface area (Å²) in [5.41, 5.74) is 5.97. The molecule has 0 aromatic carbocycles. The summed E-state index contributed by atoms with van der Waals surface area (Å²) < 4.78 is 48.2. The molecule has 0 atom stereocenters. The molecule has 0 aliphatic rings. The Morgan fingerprint density at radius 2 is 2.06 bits per heavy atom. The molecule has 8 nitrogen and oxygen atoms in total. The normalized spacial score (nSPS) is 11.8. The number of carbonyl (C=O) groups is 2. The molecule has 2 amide bonds.